The fourth-order valence-corrected chi connectivity index (χ4v) is 2.60. The zero-order chi connectivity index (χ0) is 15.9. The Morgan fingerprint density at radius 3 is 2.87 bits per heavy atom. The molecular formula is C18H23N3O2. The molecule has 5 nitrogen and oxygen atoms in total. The maximum absolute atomic E-state index is 5.71. The summed E-state index contributed by atoms with van der Waals surface area (Å²) in [5.41, 5.74) is 2.96. The van der Waals surface area contributed by atoms with Gasteiger partial charge in [0.25, 0.3) is 0 Å². The predicted octanol–water partition coefficient (Wildman–Crippen LogP) is 3.41. The van der Waals surface area contributed by atoms with Gasteiger partial charge >= 0.3 is 0 Å². The van der Waals surface area contributed by atoms with Crippen molar-refractivity contribution < 1.29 is 9.47 Å². The van der Waals surface area contributed by atoms with E-state index < -0.39 is 0 Å². The topological polar surface area (TPSA) is 56.3 Å². The normalized spacial score (nSPS) is 17.9. The Morgan fingerprint density at radius 1 is 1.22 bits per heavy atom. The van der Waals surface area contributed by atoms with Gasteiger partial charge in [-0.1, -0.05) is 30.3 Å². The van der Waals surface area contributed by atoms with Crippen LogP contribution in [0.25, 0.3) is 11.3 Å². The number of nitrogens with one attached hydrogen (secondary N) is 1. The minimum atomic E-state index is -0.0520. The van der Waals surface area contributed by atoms with Crippen LogP contribution < -0.4 is 5.32 Å². The molecule has 1 unspecified atom stereocenters. The second-order valence-corrected chi connectivity index (χ2v) is 5.68. The van der Waals surface area contributed by atoms with Crippen LogP contribution in [-0.2, 0) is 9.47 Å². The largest absolute Gasteiger partial charge is 0.353 e. The highest BCUT2D eigenvalue weighted by molar-refractivity contribution is 5.60. The predicted molar refractivity (Wildman–Crippen MR) is 90.2 cm³/mol. The molecule has 1 aliphatic rings. The van der Waals surface area contributed by atoms with Gasteiger partial charge < -0.3 is 14.8 Å². The molecule has 0 aliphatic carbocycles. The van der Waals surface area contributed by atoms with Gasteiger partial charge in [0.2, 0.25) is 5.95 Å². The lowest BCUT2D eigenvalue weighted by Gasteiger charge is -2.22. The highest BCUT2D eigenvalue weighted by Gasteiger charge is 2.13. The van der Waals surface area contributed by atoms with Crippen LogP contribution in [-0.4, -0.2) is 36.0 Å². The summed E-state index contributed by atoms with van der Waals surface area (Å²) in [4.78, 5) is 9.01. The number of aryl methyl sites for hydroxylation is 1. The van der Waals surface area contributed by atoms with E-state index in [2.05, 4.69) is 27.4 Å². The summed E-state index contributed by atoms with van der Waals surface area (Å²) >= 11 is 0. The van der Waals surface area contributed by atoms with E-state index >= 15 is 0 Å². The summed E-state index contributed by atoms with van der Waals surface area (Å²) in [5, 5.41) is 3.23. The number of anilines is 1. The first-order valence-electron chi connectivity index (χ1n) is 8.19. The lowest BCUT2D eigenvalue weighted by atomic mass is 10.1. The molecule has 1 atom stereocenters. The van der Waals surface area contributed by atoms with Crippen LogP contribution in [0.2, 0.25) is 0 Å². The number of hydrogen-bond acceptors (Lipinski definition) is 5. The Balaban J connectivity index is 1.54. The van der Waals surface area contributed by atoms with Crippen LogP contribution in [0, 0.1) is 6.92 Å². The molecule has 0 amide bonds. The highest BCUT2D eigenvalue weighted by Crippen LogP contribution is 2.18. The van der Waals surface area contributed by atoms with Crippen molar-refractivity contribution in [1.29, 1.82) is 0 Å². The van der Waals surface area contributed by atoms with Crippen LogP contribution in [0.1, 0.15) is 25.0 Å². The maximum Gasteiger partial charge on any atom is 0.223 e. The summed E-state index contributed by atoms with van der Waals surface area (Å²) in [6.45, 7) is 4.03. The van der Waals surface area contributed by atoms with Crippen molar-refractivity contribution in [1.82, 2.24) is 9.97 Å². The summed E-state index contributed by atoms with van der Waals surface area (Å²) in [6, 6.07) is 12.1. The number of nitrogens with zero attached hydrogens (tertiary/aromatic N) is 2. The van der Waals surface area contributed by atoms with E-state index in [1.165, 1.54) is 6.42 Å². The molecule has 1 aromatic carbocycles. The molecule has 2 heterocycles. The van der Waals surface area contributed by atoms with E-state index in [1.54, 1.807) is 0 Å². The van der Waals surface area contributed by atoms with Gasteiger partial charge in [-0.3, -0.25) is 0 Å². The molecule has 0 spiro atoms. The van der Waals surface area contributed by atoms with E-state index in [-0.39, 0.29) is 6.29 Å². The average Bonchev–Trinajstić information content (AvgIpc) is 2.60. The standard InChI is InChI=1S/C18H23N3O2/c1-14-13-16(15-7-3-2-4-8-15)21-18(20-14)19-10-12-23-17-9-5-6-11-22-17/h2-4,7-8,13,17H,5-6,9-12H2,1H3,(H,19,20,21). The molecule has 1 aromatic heterocycles. The Labute approximate surface area is 137 Å². The molecule has 5 heteroatoms. The second-order valence-electron chi connectivity index (χ2n) is 5.68. The van der Waals surface area contributed by atoms with Gasteiger partial charge in [0, 0.05) is 24.4 Å². The third-order valence-electron chi connectivity index (χ3n) is 3.75. The van der Waals surface area contributed by atoms with E-state index in [9.17, 15) is 0 Å². The lowest BCUT2D eigenvalue weighted by Crippen LogP contribution is -2.25. The van der Waals surface area contributed by atoms with Crippen LogP contribution in [0.15, 0.2) is 36.4 Å². The molecule has 1 fully saturated rings. The van der Waals surface area contributed by atoms with Gasteiger partial charge in [-0.25, -0.2) is 9.97 Å². The van der Waals surface area contributed by atoms with Crippen molar-refractivity contribution in [2.75, 3.05) is 25.1 Å². The number of hydrogen-bond donors (Lipinski definition) is 1. The molecule has 1 N–H and O–H groups in total. The monoisotopic (exact) mass is 313 g/mol. The van der Waals surface area contributed by atoms with E-state index in [0.717, 1.165) is 36.4 Å². The first-order chi connectivity index (χ1) is 11.3. The van der Waals surface area contributed by atoms with Crippen molar-refractivity contribution in [3.63, 3.8) is 0 Å². The molecule has 0 bridgehead atoms. The molecule has 0 radical (unpaired) electrons. The van der Waals surface area contributed by atoms with Gasteiger partial charge in [-0.2, -0.15) is 0 Å². The van der Waals surface area contributed by atoms with Gasteiger partial charge in [-0.05, 0) is 32.3 Å². The lowest BCUT2D eigenvalue weighted by molar-refractivity contribution is -0.159. The number of ether oxygens (including phenoxy) is 2. The van der Waals surface area contributed by atoms with Gasteiger partial charge in [0.1, 0.15) is 0 Å². The Bertz CT molecular complexity index is 613. The van der Waals surface area contributed by atoms with Crippen molar-refractivity contribution >= 4 is 5.95 Å². The minimum absolute atomic E-state index is 0.0520. The molecule has 0 saturated carbocycles. The van der Waals surface area contributed by atoms with Crippen molar-refractivity contribution in [2.45, 2.75) is 32.5 Å². The molecule has 1 saturated heterocycles. The number of aromatic nitrogens is 2. The van der Waals surface area contributed by atoms with Crippen LogP contribution >= 0.6 is 0 Å². The smallest absolute Gasteiger partial charge is 0.223 e. The molecule has 2 aromatic rings. The summed E-state index contributed by atoms with van der Waals surface area (Å²) in [7, 11) is 0. The molecule has 1 aliphatic heterocycles. The number of benzene rings is 1. The van der Waals surface area contributed by atoms with Crippen molar-refractivity contribution in [3.05, 3.63) is 42.1 Å². The fourth-order valence-electron chi connectivity index (χ4n) is 2.60. The van der Waals surface area contributed by atoms with E-state index in [1.807, 2.05) is 31.2 Å². The SMILES string of the molecule is Cc1cc(-c2ccccc2)nc(NCCOC2CCCCO2)n1. The maximum atomic E-state index is 5.71. The zero-order valence-electron chi connectivity index (χ0n) is 13.5. The van der Waals surface area contributed by atoms with Gasteiger partial charge in [0.05, 0.1) is 12.3 Å². The van der Waals surface area contributed by atoms with E-state index in [4.69, 9.17) is 9.47 Å². The number of rotatable bonds is 6. The summed E-state index contributed by atoms with van der Waals surface area (Å²) in [6.07, 6.45) is 3.25. The van der Waals surface area contributed by atoms with Crippen molar-refractivity contribution in [3.8, 4) is 11.3 Å². The molecule has 122 valence electrons. The van der Waals surface area contributed by atoms with Crippen LogP contribution in [0.3, 0.4) is 0 Å². The summed E-state index contributed by atoms with van der Waals surface area (Å²) in [5.74, 6) is 0.636. The first-order valence-corrected chi connectivity index (χ1v) is 8.19. The molecule has 3 rings (SSSR count). The molecule has 23 heavy (non-hydrogen) atoms. The van der Waals surface area contributed by atoms with Crippen LogP contribution in [0.5, 0.6) is 0 Å². The second kappa shape index (κ2) is 8.04. The highest BCUT2D eigenvalue weighted by atomic mass is 16.7. The molecular weight excluding hydrogens is 290 g/mol. The zero-order valence-corrected chi connectivity index (χ0v) is 13.5. The van der Waals surface area contributed by atoms with Gasteiger partial charge in [0.15, 0.2) is 6.29 Å². The summed E-state index contributed by atoms with van der Waals surface area (Å²) < 4.78 is 11.3. The first kappa shape index (κ1) is 15.9. The Morgan fingerprint density at radius 2 is 2.09 bits per heavy atom. The third-order valence-corrected chi connectivity index (χ3v) is 3.75. The van der Waals surface area contributed by atoms with Crippen LogP contribution in [0.4, 0.5) is 5.95 Å². The Hall–Kier alpha value is -1.98. The third kappa shape index (κ3) is 4.74. The van der Waals surface area contributed by atoms with Gasteiger partial charge in [-0.15, -0.1) is 0 Å². The fraction of sp³-hybridized carbons (Fsp3) is 0.444. The Kier molecular flexibility index (Phi) is 5.56. The minimum Gasteiger partial charge on any atom is -0.353 e. The van der Waals surface area contributed by atoms with E-state index in [0.29, 0.717) is 19.1 Å². The quantitative estimate of drug-likeness (QED) is 0.828. The average molecular weight is 313 g/mol. The van der Waals surface area contributed by atoms with Crippen molar-refractivity contribution in [2.24, 2.45) is 0 Å².